The number of nitrogens with zero attached hydrogens (tertiary/aromatic N) is 5. The highest BCUT2D eigenvalue weighted by Crippen LogP contribution is 2.49. The molecule has 1 saturated heterocycles. The van der Waals surface area contributed by atoms with Gasteiger partial charge in [0.2, 0.25) is 11.9 Å². The molecule has 1 fully saturated rings. The van der Waals surface area contributed by atoms with E-state index in [2.05, 4.69) is 58.7 Å². The average Bonchev–Trinajstić information content (AvgIpc) is 3.47. The number of rotatable bonds is 14. The number of carbonyl (C=O) groups excluding carboxylic acids is 1. The number of amides is 1. The van der Waals surface area contributed by atoms with Crippen molar-refractivity contribution < 1.29 is 23.7 Å². The molecule has 39 heavy (non-hydrogen) atoms. The third-order valence-corrected chi connectivity index (χ3v) is 8.46. The third kappa shape index (κ3) is 7.60. The highest BCUT2D eigenvalue weighted by molar-refractivity contribution is 7.44. The molecular weight excluding hydrogens is 525 g/mol. The molecule has 1 aliphatic rings. The molecule has 1 aliphatic heterocycles. The number of hydrogen-bond donors (Lipinski definition) is 3. The van der Waals surface area contributed by atoms with Crippen molar-refractivity contribution in [2.75, 3.05) is 25.1 Å². The fourth-order valence-corrected chi connectivity index (χ4v) is 6.19. The molecule has 3 atom stereocenters. The Morgan fingerprint density at radius 3 is 2.69 bits per heavy atom. The van der Waals surface area contributed by atoms with E-state index < -0.39 is 25.9 Å². The lowest BCUT2D eigenvalue weighted by atomic mass is 9.97. The summed E-state index contributed by atoms with van der Waals surface area (Å²) >= 11 is 0. The lowest BCUT2D eigenvalue weighted by Gasteiger charge is -2.38. The second-order valence-corrected chi connectivity index (χ2v) is 11.9. The predicted molar refractivity (Wildman–Crippen MR) is 147 cm³/mol. The maximum Gasteiger partial charge on any atom is 0.280 e. The van der Waals surface area contributed by atoms with E-state index in [9.17, 15) is 14.7 Å². The van der Waals surface area contributed by atoms with E-state index in [0.717, 1.165) is 0 Å². The number of aliphatic hydroxyl groups excluding tert-OH is 1. The van der Waals surface area contributed by atoms with Crippen LogP contribution in [-0.4, -0.2) is 72.7 Å². The van der Waals surface area contributed by atoms with Crippen LogP contribution in [0, 0.1) is 17.2 Å². The first-order chi connectivity index (χ1) is 18.5. The minimum absolute atomic E-state index is 0.0403. The number of hydrogen-bond acceptors (Lipinski definition) is 10. The van der Waals surface area contributed by atoms with Crippen molar-refractivity contribution >= 4 is 31.5 Å². The van der Waals surface area contributed by atoms with Crippen molar-refractivity contribution in [1.29, 1.82) is 5.26 Å². The van der Waals surface area contributed by atoms with Gasteiger partial charge in [0.05, 0.1) is 37.6 Å². The van der Waals surface area contributed by atoms with Crippen LogP contribution in [0.5, 0.6) is 0 Å². The van der Waals surface area contributed by atoms with Crippen molar-refractivity contribution in [1.82, 2.24) is 24.2 Å². The van der Waals surface area contributed by atoms with Crippen LogP contribution in [-0.2, 0) is 18.6 Å². The first-order valence-corrected chi connectivity index (χ1v) is 14.4. The van der Waals surface area contributed by atoms with Crippen LogP contribution in [0.15, 0.2) is 11.1 Å². The number of anilines is 1. The number of aliphatic hydroxyl groups is 1. The molecule has 14 heteroatoms. The van der Waals surface area contributed by atoms with Gasteiger partial charge in [0.15, 0.2) is 11.2 Å². The van der Waals surface area contributed by atoms with E-state index >= 15 is 0 Å². The molecule has 13 nitrogen and oxygen atoms in total. The number of ether oxygens (including phenoxy) is 1. The number of carbonyl (C=O) groups is 1. The lowest BCUT2D eigenvalue weighted by Crippen LogP contribution is -2.38. The fraction of sp³-hybridized carbons (Fsp3) is 0.720. The van der Waals surface area contributed by atoms with Crippen LogP contribution >= 0.6 is 8.53 Å². The second-order valence-electron chi connectivity index (χ2n) is 10.5. The Labute approximate surface area is 229 Å². The number of H-pyrrole nitrogens is 1. The summed E-state index contributed by atoms with van der Waals surface area (Å²) in [7, 11) is -1.48. The minimum Gasteiger partial charge on any atom is -0.396 e. The molecule has 0 spiro atoms. The number of fused-ring (bicyclic) bond motifs is 1. The Morgan fingerprint density at radius 1 is 1.36 bits per heavy atom. The van der Waals surface area contributed by atoms with Crippen molar-refractivity contribution in [3.8, 4) is 6.07 Å². The normalized spacial score (nSPS) is 20.4. The fourth-order valence-electron chi connectivity index (χ4n) is 4.50. The minimum atomic E-state index is -1.48. The first kappa shape index (κ1) is 31.1. The number of nitriles is 1. The van der Waals surface area contributed by atoms with Gasteiger partial charge in [0.1, 0.15) is 6.23 Å². The van der Waals surface area contributed by atoms with E-state index in [1.165, 1.54) is 6.33 Å². The number of aromatic nitrogens is 4. The number of nitrogens with one attached hydrogen (secondary N) is 2. The van der Waals surface area contributed by atoms with Crippen LogP contribution < -0.4 is 10.9 Å². The van der Waals surface area contributed by atoms with Crippen LogP contribution in [0.2, 0.25) is 0 Å². The van der Waals surface area contributed by atoms with Gasteiger partial charge < -0.3 is 18.9 Å². The molecule has 0 bridgehead atoms. The monoisotopic (exact) mass is 565 g/mol. The van der Waals surface area contributed by atoms with Crippen molar-refractivity contribution in [2.45, 2.75) is 91.1 Å². The molecule has 3 rings (SSSR count). The number of aromatic amines is 1. The van der Waals surface area contributed by atoms with Gasteiger partial charge in [-0.1, -0.05) is 13.8 Å². The van der Waals surface area contributed by atoms with Crippen molar-refractivity contribution in [3.05, 3.63) is 16.7 Å². The molecule has 2 aromatic rings. The molecule has 1 amide bonds. The largest absolute Gasteiger partial charge is 0.396 e. The van der Waals surface area contributed by atoms with Gasteiger partial charge in [-0.3, -0.25) is 24.5 Å². The summed E-state index contributed by atoms with van der Waals surface area (Å²) in [5, 5.41) is 21.5. The zero-order valence-corrected chi connectivity index (χ0v) is 24.4. The Morgan fingerprint density at radius 2 is 2.08 bits per heavy atom. The van der Waals surface area contributed by atoms with Gasteiger partial charge in [-0.15, -0.1) is 0 Å². The molecule has 3 N–H and O–H groups in total. The van der Waals surface area contributed by atoms with Crippen LogP contribution in [0.4, 0.5) is 5.95 Å². The van der Waals surface area contributed by atoms with Crippen LogP contribution in [0.3, 0.4) is 0 Å². The summed E-state index contributed by atoms with van der Waals surface area (Å²) < 4.78 is 22.7. The van der Waals surface area contributed by atoms with E-state index in [-0.39, 0.29) is 67.3 Å². The first-order valence-electron chi connectivity index (χ1n) is 13.3. The maximum absolute atomic E-state index is 12.6. The van der Waals surface area contributed by atoms with Gasteiger partial charge in [0.25, 0.3) is 14.1 Å². The van der Waals surface area contributed by atoms with Gasteiger partial charge in [-0.2, -0.15) is 10.2 Å². The van der Waals surface area contributed by atoms with Gasteiger partial charge in [-0.05, 0) is 40.5 Å². The van der Waals surface area contributed by atoms with Crippen LogP contribution in [0.25, 0.3) is 11.2 Å². The Balaban J connectivity index is 1.83. The second kappa shape index (κ2) is 13.7. The summed E-state index contributed by atoms with van der Waals surface area (Å²) in [6.07, 6.45) is 2.74. The molecular formula is C25H40N7O6P. The smallest absolute Gasteiger partial charge is 0.280 e. The standard InChI is InChI=1S/C25H40N7O6P/c1-16(2)22(34)29-24-28-21-20(23(35)30-24)27-15-31(21)19-8-9-25(38-19,10-12-33)14-37-39(36-13-7-11-26)32(17(3)4)18(5)6/h15-19,33H,7-10,12-14H2,1-6H3,(H2,28,29,30,34,35)/t19?,25-,39?/m1/s1. The van der Waals surface area contributed by atoms with Gasteiger partial charge >= 0.3 is 0 Å². The number of imidazole rings is 1. The average molecular weight is 566 g/mol. The highest BCUT2D eigenvalue weighted by atomic mass is 31.2. The molecule has 0 aliphatic carbocycles. The van der Waals surface area contributed by atoms with Crippen molar-refractivity contribution in [3.63, 3.8) is 0 Å². The molecule has 2 unspecified atom stereocenters. The molecule has 0 saturated carbocycles. The topological polar surface area (TPSA) is 168 Å². The molecule has 0 radical (unpaired) electrons. The predicted octanol–water partition coefficient (Wildman–Crippen LogP) is 3.44. The summed E-state index contributed by atoms with van der Waals surface area (Å²) in [6.45, 7) is 12.1. The van der Waals surface area contributed by atoms with E-state index in [0.29, 0.717) is 19.3 Å². The van der Waals surface area contributed by atoms with E-state index in [4.69, 9.17) is 19.0 Å². The Hall–Kier alpha value is -2.46. The SMILES string of the molecule is CC(C)C(=O)Nc1nc2c(ncn2C2CC[C@@](CCO)(COP(OCCC#N)N(C(C)C)C(C)C)O2)c(=O)[nH]1. The zero-order chi connectivity index (χ0) is 28.7. The quantitative estimate of drug-likeness (QED) is 0.228. The lowest BCUT2D eigenvalue weighted by molar-refractivity contribution is -0.118. The third-order valence-electron chi connectivity index (χ3n) is 6.41. The Bertz CT molecular complexity index is 1200. The molecule has 216 valence electrons. The van der Waals surface area contributed by atoms with Crippen LogP contribution in [0.1, 0.15) is 73.5 Å². The van der Waals surface area contributed by atoms with E-state index in [1.807, 2.05) is 0 Å². The maximum atomic E-state index is 12.6. The molecule has 0 aromatic carbocycles. The molecule has 3 heterocycles. The summed E-state index contributed by atoms with van der Waals surface area (Å²) in [5.74, 6) is -0.520. The summed E-state index contributed by atoms with van der Waals surface area (Å²) in [6, 6.07) is 2.39. The zero-order valence-electron chi connectivity index (χ0n) is 23.5. The van der Waals surface area contributed by atoms with Gasteiger partial charge in [-0.25, -0.2) is 9.65 Å². The summed E-state index contributed by atoms with van der Waals surface area (Å²) in [4.78, 5) is 36.0. The van der Waals surface area contributed by atoms with Crippen molar-refractivity contribution in [2.24, 2.45) is 5.92 Å². The molecule has 2 aromatic heterocycles. The highest BCUT2D eigenvalue weighted by Gasteiger charge is 2.43. The van der Waals surface area contributed by atoms with E-state index in [1.54, 1.807) is 18.4 Å². The summed E-state index contributed by atoms with van der Waals surface area (Å²) in [5.41, 5.74) is -0.846. The van der Waals surface area contributed by atoms with Gasteiger partial charge in [0, 0.05) is 31.0 Å². The Kier molecular flexibility index (Phi) is 11.0.